The summed E-state index contributed by atoms with van der Waals surface area (Å²) in [7, 11) is 3.56. The average molecular weight is 241 g/mol. The predicted molar refractivity (Wildman–Crippen MR) is 61.5 cm³/mol. The molecule has 0 saturated heterocycles. The van der Waals surface area contributed by atoms with Gasteiger partial charge in [-0.05, 0) is 33.2 Å². The standard InChI is InChI=1S/C12H16FNO3/c1-7(12(16)17)10-5-9(13)4-8(11(10)15)6-14(2)3/h4-5,7,15H,6H2,1-3H3,(H,16,17). The molecule has 0 saturated carbocycles. The van der Waals surface area contributed by atoms with Gasteiger partial charge in [0.1, 0.15) is 11.6 Å². The summed E-state index contributed by atoms with van der Waals surface area (Å²) < 4.78 is 13.4. The Morgan fingerprint density at radius 1 is 1.47 bits per heavy atom. The van der Waals surface area contributed by atoms with E-state index in [0.29, 0.717) is 12.1 Å². The molecular formula is C12H16FNO3. The molecule has 0 aliphatic heterocycles. The molecule has 1 aromatic rings. The first-order valence-electron chi connectivity index (χ1n) is 5.21. The van der Waals surface area contributed by atoms with Crippen LogP contribution < -0.4 is 0 Å². The number of aliphatic carboxylic acids is 1. The lowest BCUT2D eigenvalue weighted by molar-refractivity contribution is -0.138. The highest BCUT2D eigenvalue weighted by molar-refractivity contribution is 5.76. The molecule has 0 aromatic heterocycles. The third-order valence-corrected chi connectivity index (χ3v) is 2.51. The minimum absolute atomic E-state index is 0.106. The van der Waals surface area contributed by atoms with Crippen LogP contribution in [0.15, 0.2) is 12.1 Å². The Labute approximate surface area is 99.3 Å². The SMILES string of the molecule is CC(C(=O)O)c1cc(F)cc(CN(C)C)c1O. The van der Waals surface area contributed by atoms with Crippen molar-refractivity contribution < 1.29 is 19.4 Å². The molecule has 2 N–H and O–H groups in total. The van der Waals surface area contributed by atoms with Crippen molar-refractivity contribution in [3.8, 4) is 5.75 Å². The molecular weight excluding hydrogens is 225 g/mol. The Morgan fingerprint density at radius 3 is 2.53 bits per heavy atom. The predicted octanol–water partition coefficient (Wildman–Crippen LogP) is 1.78. The Hall–Kier alpha value is -1.62. The molecule has 0 heterocycles. The molecule has 1 unspecified atom stereocenters. The van der Waals surface area contributed by atoms with E-state index in [4.69, 9.17) is 5.11 Å². The lowest BCUT2D eigenvalue weighted by Gasteiger charge is -2.16. The van der Waals surface area contributed by atoms with Gasteiger partial charge in [0.2, 0.25) is 0 Å². The summed E-state index contributed by atoms with van der Waals surface area (Å²) in [5.74, 6) is -2.72. The fourth-order valence-corrected chi connectivity index (χ4v) is 1.60. The molecule has 0 spiro atoms. The number of carboxylic acids is 1. The van der Waals surface area contributed by atoms with Crippen LogP contribution in [0, 0.1) is 5.82 Å². The van der Waals surface area contributed by atoms with Crippen molar-refractivity contribution in [1.29, 1.82) is 0 Å². The van der Waals surface area contributed by atoms with Gasteiger partial charge in [0.25, 0.3) is 0 Å². The van der Waals surface area contributed by atoms with Crippen LogP contribution >= 0.6 is 0 Å². The first kappa shape index (κ1) is 13.4. The van der Waals surface area contributed by atoms with Gasteiger partial charge in [-0.2, -0.15) is 0 Å². The maximum atomic E-state index is 13.4. The van der Waals surface area contributed by atoms with Crippen LogP contribution in [0.1, 0.15) is 24.0 Å². The lowest BCUT2D eigenvalue weighted by Crippen LogP contribution is -2.13. The topological polar surface area (TPSA) is 60.8 Å². The van der Waals surface area contributed by atoms with E-state index >= 15 is 0 Å². The second kappa shape index (κ2) is 5.14. The first-order chi connectivity index (χ1) is 7.82. The second-order valence-corrected chi connectivity index (χ2v) is 4.30. The minimum Gasteiger partial charge on any atom is -0.507 e. The van der Waals surface area contributed by atoms with Crippen molar-refractivity contribution in [2.24, 2.45) is 0 Å². The fourth-order valence-electron chi connectivity index (χ4n) is 1.60. The molecule has 0 fully saturated rings. The minimum atomic E-state index is -1.10. The molecule has 0 bridgehead atoms. The Morgan fingerprint density at radius 2 is 2.06 bits per heavy atom. The lowest BCUT2D eigenvalue weighted by atomic mass is 9.97. The number of nitrogens with zero attached hydrogens (tertiary/aromatic N) is 1. The molecule has 0 aliphatic rings. The molecule has 17 heavy (non-hydrogen) atoms. The summed E-state index contributed by atoms with van der Waals surface area (Å²) in [6.07, 6.45) is 0. The van der Waals surface area contributed by atoms with E-state index in [0.717, 1.165) is 6.07 Å². The summed E-state index contributed by atoms with van der Waals surface area (Å²) in [5.41, 5.74) is 0.493. The highest BCUT2D eigenvalue weighted by Gasteiger charge is 2.21. The van der Waals surface area contributed by atoms with Gasteiger partial charge >= 0.3 is 5.97 Å². The molecule has 5 heteroatoms. The molecule has 4 nitrogen and oxygen atoms in total. The number of benzene rings is 1. The fraction of sp³-hybridized carbons (Fsp3) is 0.417. The monoisotopic (exact) mass is 241 g/mol. The zero-order valence-corrected chi connectivity index (χ0v) is 10.1. The Balaban J connectivity index is 3.23. The number of hydrogen-bond donors (Lipinski definition) is 2. The smallest absolute Gasteiger partial charge is 0.310 e. The molecule has 0 aliphatic carbocycles. The van der Waals surface area contributed by atoms with Crippen molar-refractivity contribution in [3.63, 3.8) is 0 Å². The van der Waals surface area contributed by atoms with Crippen molar-refractivity contribution in [1.82, 2.24) is 4.90 Å². The average Bonchev–Trinajstić information content (AvgIpc) is 2.21. The number of carboxylic acid groups (broad SMARTS) is 1. The maximum absolute atomic E-state index is 13.4. The van der Waals surface area contributed by atoms with Crippen LogP contribution in [0.3, 0.4) is 0 Å². The van der Waals surface area contributed by atoms with Crippen LogP contribution in [0.2, 0.25) is 0 Å². The molecule has 1 aromatic carbocycles. The summed E-state index contributed by atoms with van der Waals surface area (Å²) in [6.45, 7) is 1.76. The van der Waals surface area contributed by atoms with E-state index in [1.54, 1.807) is 19.0 Å². The molecule has 0 radical (unpaired) electrons. The van der Waals surface area contributed by atoms with Crippen molar-refractivity contribution >= 4 is 5.97 Å². The van der Waals surface area contributed by atoms with Crippen LogP contribution in [0.25, 0.3) is 0 Å². The van der Waals surface area contributed by atoms with Crippen LogP contribution in [-0.2, 0) is 11.3 Å². The number of carbonyl (C=O) groups is 1. The van der Waals surface area contributed by atoms with Crippen LogP contribution in [0.4, 0.5) is 4.39 Å². The summed E-state index contributed by atoms with van der Waals surface area (Å²) in [4.78, 5) is 12.6. The van der Waals surface area contributed by atoms with Crippen molar-refractivity contribution in [3.05, 3.63) is 29.1 Å². The number of phenolic OH excluding ortho intramolecular Hbond substituents is 1. The van der Waals surface area contributed by atoms with Crippen molar-refractivity contribution in [2.45, 2.75) is 19.4 Å². The normalized spacial score (nSPS) is 12.8. The number of aromatic hydroxyl groups is 1. The number of rotatable bonds is 4. The number of hydrogen-bond acceptors (Lipinski definition) is 3. The van der Waals surface area contributed by atoms with Crippen LogP contribution in [-0.4, -0.2) is 35.2 Å². The highest BCUT2D eigenvalue weighted by Crippen LogP contribution is 2.31. The Bertz CT molecular complexity index is 432. The highest BCUT2D eigenvalue weighted by atomic mass is 19.1. The van der Waals surface area contributed by atoms with Gasteiger partial charge in [0.05, 0.1) is 5.92 Å². The molecule has 0 amide bonds. The largest absolute Gasteiger partial charge is 0.507 e. The number of phenols is 1. The maximum Gasteiger partial charge on any atom is 0.310 e. The van der Waals surface area contributed by atoms with E-state index < -0.39 is 17.7 Å². The van der Waals surface area contributed by atoms with E-state index in [9.17, 15) is 14.3 Å². The zero-order chi connectivity index (χ0) is 13.2. The Kier molecular flexibility index (Phi) is 4.07. The van der Waals surface area contributed by atoms with E-state index in [1.807, 2.05) is 0 Å². The quantitative estimate of drug-likeness (QED) is 0.843. The van der Waals surface area contributed by atoms with Gasteiger partial charge in [-0.15, -0.1) is 0 Å². The van der Waals surface area contributed by atoms with Gasteiger partial charge in [-0.25, -0.2) is 4.39 Å². The summed E-state index contributed by atoms with van der Waals surface area (Å²) in [6, 6.07) is 2.28. The van der Waals surface area contributed by atoms with Gasteiger partial charge in [0.15, 0.2) is 0 Å². The number of halogens is 1. The van der Waals surface area contributed by atoms with Gasteiger partial charge in [0, 0.05) is 17.7 Å². The zero-order valence-electron chi connectivity index (χ0n) is 10.1. The summed E-state index contributed by atoms with van der Waals surface area (Å²) >= 11 is 0. The van der Waals surface area contributed by atoms with Crippen LogP contribution in [0.5, 0.6) is 5.75 Å². The first-order valence-corrected chi connectivity index (χ1v) is 5.21. The summed E-state index contributed by atoms with van der Waals surface area (Å²) in [5, 5.41) is 18.8. The molecule has 94 valence electrons. The molecule has 1 rings (SSSR count). The third kappa shape index (κ3) is 3.17. The third-order valence-electron chi connectivity index (χ3n) is 2.51. The van der Waals surface area contributed by atoms with E-state index in [-0.39, 0.29) is 11.3 Å². The van der Waals surface area contributed by atoms with E-state index in [1.165, 1.54) is 13.0 Å². The van der Waals surface area contributed by atoms with Crippen molar-refractivity contribution in [2.75, 3.05) is 14.1 Å². The van der Waals surface area contributed by atoms with E-state index in [2.05, 4.69) is 0 Å². The van der Waals surface area contributed by atoms with Gasteiger partial charge in [-0.1, -0.05) is 0 Å². The van der Waals surface area contributed by atoms with Gasteiger partial charge in [-0.3, -0.25) is 4.79 Å². The molecule has 1 atom stereocenters. The van der Waals surface area contributed by atoms with Gasteiger partial charge < -0.3 is 15.1 Å². The second-order valence-electron chi connectivity index (χ2n) is 4.30.